The maximum atomic E-state index is 14.8. The molecule has 0 bridgehead atoms. The summed E-state index contributed by atoms with van der Waals surface area (Å²) in [4.78, 5) is 6.42. The molecule has 1 saturated heterocycles. The van der Waals surface area contributed by atoms with Crippen LogP contribution in [-0.4, -0.2) is 14.7 Å². The molecule has 3 heterocycles. The Kier molecular flexibility index (Phi) is 4.77. The lowest BCUT2D eigenvalue weighted by Crippen LogP contribution is -2.31. The fraction of sp³-hybridized carbons (Fsp3) is 0.0833. The van der Waals surface area contributed by atoms with Gasteiger partial charge in [-0.25, -0.2) is 4.39 Å². The van der Waals surface area contributed by atoms with Crippen LogP contribution in [0.25, 0.3) is 5.69 Å². The molecule has 5 rings (SSSR count). The summed E-state index contributed by atoms with van der Waals surface area (Å²) in [6.45, 7) is 0. The molecule has 1 aliphatic rings. The third-order valence-electron chi connectivity index (χ3n) is 5.33. The van der Waals surface area contributed by atoms with Crippen LogP contribution in [-0.2, 0) is 0 Å². The van der Waals surface area contributed by atoms with Crippen molar-refractivity contribution in [2.45, 2.75) is 12.1 Å². The van der Waals surface area contributed by atoms with Crippen LogP contribution in [0.1, 0.15) is 23.5 Å². The summed E-state index contributed by atoms with van der Waals surface area (Å²) in [7, 11) is 0. The van der Waals surface area contributed by atoms with Crippen molar-refractivity contribution in [3.05, 3.63) is 115 Å². The molecule has 0 radical (unpaired) electrons. The van der Waals surface area contributed by atoms with E-state index < -0.39 is 0 Å². The number of anilines is 1. The SMILES string of the molecule is Fc1ccccc1N1C(=S)NC(c2ccccn2)C1c1cccn1-c1ccccc1. The summed E-state index contributed by atoms with van der Waals surface area (Å²) >= 11 is 5.68. The van der Waals surface area contributed by atoms with Crippen LogP contribution < -0.4 is 10.2 Å². The van der Waals surface area contributed by atoms with E-state index in [4.69, 9.17) is 12.2 Å². The summed E-state index contributed by atoms with van der Waals surface area (Å²) in [6, 6.07) is 26.2. The summed E-state index contributed by atoms with van der Waals surface area (Å²) in [6.07, 6.45) is 3.78. The molecule has 4 nitrogen and oxygen atoms in total. The maximum Gasteiger partial charge on any atom is 0.174 e. The van der Waals surface area contributed by atoms with Gasteiger partial charge in [0, 0.05) is 23.8 Å². The minimum Gasteiger partial charge on any atom is -0.351 e. The third-order valence-corrected chi connectivity index (χ3v) is 5.64. The normalized spacial score (nSPS) is 18.4. The second-order valence-electron chi connectivity index (χ2n) is 7.09. The minimum atomic E-state index is -0.314. The van der Waals surface area contributed by atoms with E-state index in [-0.39, 0.29) is 17.9 Å². The van der Waals surface area contributed by atoms with Gasteiger partial charge in [-0.15, -0.1) is 0 Å². The van der Waals surface area contributed by atoms with Crippen LogP contribution in [0.15, 0.2) is 97.3 Å². The fourth-order valence-corrected chi connectivity index (χ4v) is 4.36. The largest absolute Gasteiger partial charge is 0.351 e. The van der Waals surface area contributed by atoms with Gasteiger partial charge in [-0.3, -0.25) is 4.98 Å². The summed E-state index contributed by atoms with van der Waals surface area (Å²) in [5.41, 5.74) is 3.32. The zero-order valence-electron chi connectivity index (χ0n) is 16.0. The molecule has 0 amide bonds. The first-order chi connectivity index (χ1) is 14.7. The molecule has 2 aromatic heterocycles. The number of pyridine rings is 1. The highest BCUT2D eigenvalue weighted by Gasteiger charge is 2.42. The highest BCUT2D eigenvalue weighted by Crippen LogP contribution is 2.42. The molecular formula is C24H19FN4S. The van der Waals surface area contributed by atoms with Gasteiger partial charge in [-0.05, 0) is 60.7 Å². The Bertz CT molecular complexity index is 1180. The number of nitrogens with one attached hydrogen (secondary N) is 1. The monoisotopic (exact) mass is 414 g/mol. The van der Waals surface area contributed by atoms with Crippen molar-refractivity contribution in [2.24, 2.45) is 0 Å². The number of hydrogen-bond acceptors (Lipinski definition) is 2. The van der Waals surface area contributed by atoms with E-state index in [1.807, 2.05) is 71.8 Å². The molecule has 148 valence electrons. The molecule has 0 spiro atoms. The number of thiocarbonyl (C=S) groups is 1. The molecule has 1 fully saturated rings. The Morgan fingerprint density at radius 2 is 1.63 bits per heavy atom. The first-order valence-electron chi connectivity index (χ1n) is 9.72. The smallest absolute Gasteiger partial charge is 0.174 e. The highest BCUT2D eigenvalue weighted by atomic mass is 32.1. The topological polar surface area (TPSA) is 33.1 Å². The van der Waals surface area contributed by atoms with Crippen molar-refractivity contribution in [1.82, 2.24) is 14.9 Å². The van der Waals surface area contributed by atoms with Gasteiger partial charge in [-0.1, -0.05) is 36.4 Å². The van der Waals surface area contributed by atoms with E-state index in [0.717, 1.165) is 17.1 Å². The quantitative estimate of drug-likeness (QED) is 0.466. The van der Waals surface area contributed by atoms with Crippen molar-refractivity contribution in [3.8, 4) is 5.69 Å². The first-order valence-corrected chi connectivity index (χ1v) is 10.1. The van der Waals surface area contributed by atoms with Gasteiger partial charge in [0.15, 0.2) is 5.11 Å². The Morgan fingerprint density at radius 3 is 2.40 bits per heavy atom. The van der Waals surface area contributed by atoms with Gasteiger partial charge in [-0.2, -0.15) is 0 Å². The zero-order chi connectivity index (χ0) is 20.5. The van der Waals surface area contributed by atoms with Crippen LogP contribution in [0.5, 0.6) is 0 Å². The number of halogens is 1. The summed E-state index contributed by atoms with van der Waals surface area (Å²) in [5, 5.41) is 3.85. The van der Waals surface area contributed by atoms with Crippen molar-refractivity contribution < 1.29 is 4.39 Å². The molecule has 2 unspecified atom stereocenters. The molecule has 2 aromatic carbocycles. The van der Waals surface area contributed by atoms with E-state index in [1.54, 1.807) is 18.3 Å². The van der Waals surface area contributed by atoms with E-state index in [1.165, 1.54) is 6.07 Å². The molecule has 1 N–H and O–H groups in total. The van der Waals surface area contributed by atoms with Gasteiger partial charge in [0.05, 0.1) is 17.4 Å². The lowest BCUT2D eigenvalue weighted by atomic mass is 10.0. The van der Waals surface area contributed by atoms with Gasteiger partial charge < -0.3 is 14.8 Å². The number of nitrogens with zero attached hydrogens (tertiary/aromatic N) is 3. The second kappa shape index (κ2) is 7.72. The van der Waals surface area contributed by atoms with Gasteiger partial charge >= 0.3 is 0 Å². The fourth-order valence-electron chi connectivity index (χ4n) is 4.02. The Balaban J connectivity index is 1.69. The zero-order valence-corrected chi connectivity index (χ0v) is 16.8. The van der Waals surface area contributed by atoms with Crippen molar-refractivity contribution in [2.75, 3.05) is 4.90 Å². The average Bonchev–Trinajstić information content (AvgIpc) is 3.40. The molecule has 6 heteroatoms. The number of aromatic nitrogens is 2. The van der Waals surface area contributed by atoms with Crippen LogP contribution in [0.4, 0.5) is 10.1 Å². The molecule has 4 aromatic rings. The molecule has 0 saturated carbocycles. The third kappa shape index (κ3) is 3.15. The van der Waals surface area contributed by atoms with Crippen LogP contribution >= 0.6 is 12.2 Å². The Labute approximate surface area is 179 Å². The summed E-state index contributed by atoms with van der Waals surface area (Å²) in [5.74, 6) is -0.314. The van der Waals surface area contributed by atoms with Gasteiger partial charge in [0.25, 0.3) is 0 Å². The van der Waals surface area contributed by atoms with Crippen LogP contribution in [0, 0.1) is 5.82 Å². The maximum absolute atomic E-state index is 14.8. The van der Waals surface area contributed by atoms with Crippen molar-refractivity contribution >= 4 is 23.0 Å². The predicted molar refractivity (Wildman–Crippen MR) is 120 cm³/mol. The number of hydrogen-bond donors (Lipinski definition) is 1. The molecule has 0 aliphatic carbocycles. The lowest BCUT2D eigenvalue weighted by Gasteiger charge is -2.29. The highest BCUT2D eigenvalue weighted by molar-refractivity contribution is 7.80. The molecule has 30 heavy (non-hydrogen) atoms. The van der Waals surface area contributed by atoms with Crippen molar-refractivity contribution in [1.29, 1.82) is 0 Å². The van der Waals surface area contributed by atoms with Crippen LogP contribution in [0.3, 0.4) is 0 Å². The van der Waals surface area contributed by atoms with Gasteiger partial charge in [0.1, 0.15) is 11.9 Å². The lowest BCUT2D eigenvalue weighted by molar-refractivity contribution is 0.542. The van der Waals surface area contributed by atoms with E-state index in [2.05, 4.69) is 20.9 Å². The van der Waals surface area contributed by atoms with E-state index in [9.17, 15) is 4.39 Å². The second-order valence-corrected chi connectivity index (χ2v) is 7.47. The Morgan fingerprint density at radius 1 is 0.867 bits per heavy atom. The average molecular weight is 415 g/mol. The van der Waals surface area contributed by atoms with E-state index in [0.29, 0.717) is 10.8 Å². The molecule has 1 aliphatic heterocycles. The first kappa shape index (κ1) is 18.5. The standard InChI is InChI=1S/C24H19FN4S/c25-18-11-4-5-13-20(18)29-23(22(27-24(29)30)19-12-6-7-15-26-19)21-14-8-16-28(21)17-9-2-1-3-10-17/h1-16,22-23H,(H,27,30). The Hall–Kier alpha value is -3.51. The summed E-state index contributed by atoms with van der Waals surface area (Å²) < 4.78 is 16.9. The molecular weight excluding hydrogens is 395 g/mol. The van der Waals surface area contributed by atoms with E-state index >= 15 is 0 Å². The van der Waals surface area contributed by atoms with Gasteiger partial charge in [0.2, 0.25) is 0 Å². The van der Waals surface area contributed by atoms with Crippen LogP contribution in [0.2, 0.25) is 0 Å². The number of benzene rings is 2. The number of para-hydroxylation sites is 2. The molecule has 2 atom stereocenters. The predicted octanol–water partition coefficient (Wildman–Crippen LogP) is 5.19. The number of rotatable bonds is 4. The van der Waals surface area contributed by atoms with Crippen molar-refractivity contribution in [3.63, 3.8) is 0 Å². The minimum absolute atomic E-state index is 0.226.